The number of esters is 1. The van der Waals surface area contributed by atoms with Crippen molar-refractivity contribution in [2.24, 2.45) is 0 Å². The first-order chi connectivity index (χ1) is 15.2. The molecule has 0 unspecified atom stereocenters. The molecule has 162 valence electrons. The van der Waals surface area contributed by atoms with Crippen molar-refractivity contribution in [1.82, 2.24) is 15.0 Å². The van der Waals surface area contributed by atoms with Crippen LogP contribution in [0.15, 0.2) is 65.2 Å². The number of benzene rings is 2. The highest BCUT2D eigenvalue weighted by Crippen LogP contribution is 2.30. The van der Waals surface area contributed by atoms with E-state index in [2.05, 4.69) is 34.3 Å². The SMILES string of the molecule is CCOC(=O)C[C@@H]1CCCCN1Cc1nc(C(c2ccccc2)c2ccccc2)no1. The van der Waals surface area contributed by atoms with Crippen molar-refractivity contribution in [3.63, 3.8) is 0 Å². The molecule has 6 heteroatoms. The van der Waals surface area contributed by atoms with E-state index >= 15 is 0 Å². The van der Waals surface area contributed by atoms with Crippen LogP contribution >= 0.6 is 0 Å². The Morgan fingerprint density at radius 2 is 1.77 bits per heavy atom. The molecular weight excluding hydrogens is 390 g/mol. The molecule has 0 spiro atoms. The van der Waals surface area contributed by atoms with Gasteiger partial charge in [-0.25, -0.2) is 0 Å². The topological polar surface area (TPSA) is 68.5 Å². The maximum Gasteiger partial charge on any atom is 0.307 e. The van der Waals surface area contributed by atoms with Gasteiger partial charge in [-0.2, -0.15) is 4.98 Å². The quantitative estimate of drug-likeness (QED) is 0.499. The van der Waals surface area contributed by atoms with Crippen molar-refractivity contribution in [2.45, 2.75) is 51.1 Å². The Labute approximate surface area is 183 Å². The third-order valence-electron chi connectivity index (χ3n) is 5.80. The van der Waals surface area contributed by atoms with E-state index in [0.29, 0.717) is 31.3 Å². The second-order valence-electron chi connectivity index (χ2n) is 7.93. The molecule has 1 atom stereocenters. The van der Waals surface area contributed by atoms with Gasteiger partial charge in [0.05, 0.1) is 25.5 Å². The number of aromatic nitrogens is 2. The number of likely N-dealkylation sites (tertiary alicyclic amines) is 1. The summed E-state index contributed by atoms with van der Waals surface area (Å²) in [5.74, 6) is 1.02. The molecule has 1 aromatic heterocycles. The van der Waals surface area contributed by atoms with E-state index in [0.717, 1.165) is 36.9 Å². The van der Waals surface area contributed by atoms with Gasteiger partial charge in [0.15, 0.2) is 5.82 Å². The van der Waals surface area contributed by atoms with E-state index in [9.17, 15) is 4.79 Å². The lowest BCUT2D eigenvalue weighted by Gasteiger charge is -2.34. The summed E-state index contributed by atoms with van der Waals surface area (Å²) < 4.78 is 10.8. The molecule has 1 aliphatic rings. The van der Waals surface area contributed by atoms with Gasteiger partial charge >= 0.3 is 5.97 Å². The maximum absolute atomic E-state index is 12.0. The Kier molecular flexibility index (Phi) is 7.10. The third-order valence-corrected chi connectivity index (χ3v) is 5.80. The lowest BCUT2D eigenvalue weighted by molar-refractivity contribution is -0.145. The van der Waals surface area contributed by atoms with Gasteiger partial charge in [-0.15, -0.1) is 0 Å². The zero-order valence-corrected chi connectivity index (χ0v) is 17.9. The van der Waals surface area contributed by atoms with Gasteiger partial charge in [0.1, 0.15) is 0 Å². The van der Waals surface area contributed by atoms with Crippen LogP contribution in [-0.2, 0) is 16.1 Å². The normalized spacial score (nSPS) is 17.0. The minimum atomic E-state index is -0.140. The Morgan fingerprint density at radius 1 is 1.10 bits per heavy atom. The molecule has 0 amide bonds. The fourth-order valence-corrected chi connectivity index (χ4v) is 4.32. The summed E-state index contributed by atoms with van der Waals surface area (Å²) >= 11 is 0. The summed E-state index contributed by atoms with van der Waals surface area (Å²) in [5, 5.41) is 4.35. The van der Waals surface area contributed by atoms with Crippen LogP contribution in [0, 0.1) is 0 Å². The predicted molar refractivity (Wildman–Crippen MR) is 117 cm³/mol. The van der Waals surface area contributed by atoms with Crippen LogP contribution in [0.3, 0.4) is 0 Å². The second kappa shape index (κ2) is 10.4. The van der Waals surface area contributed by atoms with Crippen LogP contribution in [-0.4, -0.2) is 40.2 Å². The third kappa shape index (κ3) is 5.39. The number of piperidine rings is 1. The molecule has 1 aliphatic heterocycles. The Morgan fingerprint density at radius 3 is 2.42 bits per heavy atom. The minimum Gasteiger partial charge on any atom is -0.466 e. The first-order valence-corrected chi connectivity index (χ1v) is 11.1. The Balaban J connectivity index is 1.53. The molecule has 0 radical (unpaired) electrons. The highest BCUT2D eigenvalue weighted by Gasteiger charge is 2.28. The molecular formula is C25H29N3O3. The summed E-state index contributed by atoms with van der Waals surface area (Å²) in [6.45, 7) is 3.72. The first-order valence-electron chi connectivity index (χ1n) is 11.1. The van der Waals surface area contributed by atoms with Crippen molar-refractivity contribution in [1.29, 1.82) is 0 Å². The molecule has 6 nitrogen and oxygen atoms in total. The molecule has 4 rings (SSSR count). The van der Waals surface area contributed by atoms with Crippen LogP contribution in [0.1, 0.15) is 61.4 Å². The Bertz CT molecular complexity index is 919. The molecule has 0 bridgehead atoms. The van der Waals surface area contributed by atoms with Crippen LogP contribution in [0.2, 0.25) is 0 Å². The van der Waals surface area contributed by atoms with E-state index in [1.54, 1.807) is 0 Å². The van der Waals surface area contributed by atoms with Gasteiger partial charge in [-0.3, -0.25) is 9.69 Å². The molecule has 31 heavy (non-hydrogen) atoms. The summed E-state index contributed by atoms with van der Waals surface area (Å²) in [4.78, 5) is 19.1. The van der Waals surface area contributed by atoms with E-state index in [1.807, 2.05) is 43.3 Å². The standard InChI is InChI=1S/C25H29N3O3/c1-2-30-23(29)17-21-15-9-10-16-28(21)18-22-26-25(27-31-22)24(19-11-5-3-6-12-19)20-13-7-4-8-14-20/h3-8,11-14,21,24H,2,9-10,15-18H2,1H3/t21-/m0/s1. The number of hydrogen-bond acceptors (Lipinski definition) is 6. The van der Waals surface area contributed by atoms with Crippen molar-refractivity contribution in [3.05, 3.63) is 83.5 Å². The number of ether oxygens (including phenoxy) is 1. The fraction of sp³-hybridized carbons (Fsp3) is 0.400. The zero-order valence-electron chi connectivity index (χ0n) is 17.9. The van der Waals surface area contributed by atoms with Crippen molar-refractivity contribution in [2.75, 3.05) is 13.2 Å². The lowest BCUT2D eigenvalue weighted by atomic mass is 9.91. The predicted octanol–water partition coefficient (Wildman–Crippen LogP) is 4.56. The van der Waals surface area contributed by atoms with Crippen LogP contribution < -0.4 is 0 Å². The van der Waals surface area contributed by atoms with E-state index < -0.39 is 0 Å². The lowest BCUT2D eigenvalue weighted by Crippen LogP contribution is -2.40. The zero-order chi connectivity index (χ0) is 21.5. The van der Waals surface area contributed by atoms with Crippen molar-refractivity contribution in [3.8, 4) is 0 Å². The maximum atomic E-state index is 12.0. The number of carbonyl (C=O) groups excluding carboxylic acids is 1. The van der Waals surface area contributed by atoms with Gasteiger partial charge in [-0.05, 0) is 37.4 Å². The highest BCUT2D eigenvalue weighted by molar-refractivity contribution is 5.70. The number of nitrogens with zero attached hydrogens (tertiary/aromatic N) is 3. The van der Waals surface area contributed by atoms with Crippen molar-refractivity contribution < 1.29 is 14.1 Å². The molecule has 1 saturated heterocycles. The van der Waals surface area contributed by atoms with Gasteiger partial charge in [0, 0.05) is 6.04 Å². The molecule has 1 fully saturated rings. The average molecular weight is 420 g/mol. The van der Waals surface area contributed by atoms with Gasteiger partial charge in [0.2, 0.25) is 5.89 Å². The number of carbonyl (C=O) groups is 1. The summed E-state index contributed by atoms with van der Waals surface area (Å²) in [6.07, 6.45) is 3.62. The smallest absolute Gasteiger partial charge is 0.307 e. The van der Waals surface area contributed by atoms with Crippen LogP contribution in [0.4, 0.5) is 0 Å². The molecule has 0 N–H and O–H groups in total. The van der Waals surface area contributed by atoms with Gasteiger partial charge in [-0.1, -0.05) is 72.2 Å². The molecule has 0 aliphatic carbocycles. The second-order valence-corrected chi connectivity index (χ2v) is 7.93. The summed E-state index contributed by atoms with van der Waals surface area (Å²) in [7, 11) is 0. The molecule has 0 saturated carbocycles. The molecule has 2 aromatic carbocycles. The first kappa shape index (κ1) is 21.2. The van der Waals surface area contributed by atoms with Gasteiger partial charge in [0.25, 0.3) is 0 Å². The van der Waals surface area contributed by atoms with E-state index in [-0.39, 0.29) is 17.9 Å². The van der Waals surface area contributed by atoms with Crippen molar-refractivity contribution >= 4 is 5.97 Å². The molecule has 3 aromatic rings. The molecule has 2 heterocycles. The fourth-order valence-electron chi connectivity index (χ4n) is 4.32. The summed E-state index contributed by atoms with van der Waals surface area (Å²) in [6, 6.07) is 20.6. The van der Waals surface area contributed by atoms with Crippen LogP contribution in [0.25, 0.3) is 0 Å². The van der Waals surface area contributed by atoms with E-state index in [1.165, 1.54) is 0 Å². The Hall–Kier alpha value is -2.99. The monoisotopic (exact) mass is 419 g/mol. The highest BCUT2D eigenvalue weighted by atomic mass is 16.5. The summed E-state index contributed by atoms with van der Waals surface area (Å²) in [5.41, 5.74) is 2.25. The number of rotatable bonds is 8. The minimum absolute atomic E-state index is 0.0865. The van der Waals surface area contributed by atoms with E-state index in [4.69, 9.17) is 14.2 Å². The van der Waals surface area contributed by atoms with Crippen LogP contribution in [0.5, 0.6) is 0 Å². The largest absolute Gasteiger partial charge is 0.466 e. The van der Waals surface area contributed by atoms with Gasteiger partial charge < -0.3 is 9.26 Å². The number of hydrogen-bond donors (Lipinski definition) is 0. The average Bonchev–Trinajstić information content (AvgIpc) is 3.25.